The van der Waals surface area contributed by atoms with Gasteiger partial charge in [-0.3, -0.25) is 9.69 Å². The van der Waals surface area contributed by atoms with Crippen LogP contribution in [0, 0.1) is 0 Å². The molecule has 3 aromatic rings. The monoisotopic (exact) mass is 421 g/mol. The van der Waals surface area contributed by atoms with Gasteiger partial charge in [0, 0.05) is 18.7 Å². The van der Waals surface area contributed by atoms with E-state index in [4.69, 9.17) is 19.0 Å². The second-order valence-electron chi connectivity index (χ2n) is 6.80. The minimum absolute atomic E-state index is 0.00106. The Morgan fingerprint density at radius 2 is 1.97 bits per heavy atom. The standard InChI is InChI=1S/C21H18F3NO5/c1-28-15-5-3-2-4-12(15)17-18(27)13-6-7-16-14(10-25(8-9-26)11-29-16)19(13)30-20(17)21(22,23)24/h2-7,26H,8-11H2,1H3. The van der Waals surface area contributed by atoms with Gasteiger partial charge in [-0.2, -0.15) is 13.2 Å². The van der Waals surface area contributed by atoms with Gasteiger partial charge in [-0.1, -0.05) is 18.2 Å². The molecule has 0 spiro atoms. The Morgan fingerprint density at radius 3 is 2.67 bits per heavy atom. The number of alkyl halides is 3. The third-order valence-electron chi connectivity index (χ3n) is 4.95. The van der Waals surface area contributed by atoms with E-state index >= 15 is 0 Å². The summed E-state index contributed by atoms with van der Waals surface area (Å²) in [6.45, 7) is 0.487. The van der Waals surface area contributed by atoms with Crippen molar-refractivity contribution in [2.24, 2.45) is 0 Å². The van der Waals surface area contributed by atoms with Crippen LogP contribution >= 0.6 is 0 Å². The number of hydrogen-bond acceptors (Lipinski definition) is 6. The van der Waals surface area contributed by atoms with Crippen molar-refractivity contribution in [2.45, 2.75) is 12.7 Å². The van der Waals surface area contributed by atoms with Gasteiger partial charge in [0.05, 0.1) is 30.2 Å². The molecule has 0 aliphatic carbocycles. The van der Waals surface area contributed by atoms with Crippen LogP contribution in [-0.4, -0.2) is 37.0 Å². The lowest BCUT2D eigenvalue weighted by molar-refractivity contribution is -0.152. The van der Waals surface area contributed by atoms with Crippen molar-refractivity contribution in [3.63, 3.8) is 0 Å². The highest BCUT2D eigenvalue weighted by molar-refractivity contribution is 5.88. The molecule has 9 heteroatoms. The molecule has 1 N–H and O–H groups in total. The first-order valence-corrected chi connectivity index (χ1v) is 9.14. The minimum Gasteiger partial charge on any atom is -0.496 e. The van der Waals surface area contributed by atoms with E-state index in [1.165, 1.54) is 31.4 Å². The molecule has 4 rings (SSSR count). The molecule has 0 saturated carbocycles. The van der Waals surface area contributed by atoms with Crippen molar-refractivity contribution < 1.29 is 32.2 Å². The average molecular weight is 421 g/mol. The Balaban J connectivity index is 2.03. The normalized spacial score (nSPS) is 14.4. The first-order chi connectivity index (χ1) is 14.3. The van der Waals surface area contributed by atoms with Crippen LogP contribution in [0.1, 0.15) is 11.3 Å². The molecule has 0 unspecified atom stereocenters. The van der Waals surface area contributed by atoms with E-state index in [-0.39, 0.29) is 48.7 Å². The SMILES string of the molecule is COc1ccccc1-c1c(C(F)(F)F)oc2c3c(ccc2c1=O)OCN(CCO)C3. The molecule has 2 heterocycles. The Hall–Kier alpha value is -3.04. The Bertz CT molecular complexity index is 1160. The van der Waals surface area contributed by atoms with Gasteiger partial charge in [-0.25, -0.2) is 0 Å². The second-order valence-corrected chi connectivity index (χ2v) is 6.80. The number of para-hydroxylation sites is 1. The number of rotatable bonds is 4. The Morgan fingerprint density at radius 1 is 1.20 bits per heavy atom. The number of ether oxygens (including phenoxy) is 2. The van der Waals surface area contributed by atoms with Crippen molar-refractivity contribution in [1.82, 2.24) is 4.90 Å². The van der Waals surface area contributed by atoms with Gasteiger partial charge >= 0.3 is 6.18 Å². The second kappa shape index (κ2) is 7.66. The zero-order chi connectivity index (χ0) is 21.5. The van der Waals surface area contributed by atoms with Crippen LogP contribution in [0.3, 0.4) is 0 Å². The van der Waals surface area contributed by atoms with Crippen LogP contribution < -0.4 is 14.9 Å². The first kappa shape index (κ1) is 20.2. The third kappa shape index (κ3) is 3.40. The first-order valence-electron chi connectivity index (χ1n) is 9.14. The highest BCUT2D eigenvalue weighted by Gasteiger charge is 2.40. The summed E-state index contributed by atoms with van der Waals surface area (Å²) in [4.78, 5) is 14.9. The van der Waals surface area contributed by atoms with Crippen LogP contribution in [0.5, 0.6) is 11.5 Å². The highest BCUT2D eigenvalue weighted by atomic mass is 19.4. The number of aliphatic hydroxyl groups is 1. The highest BCUT2D eigenvalue weighted by Crippen LogP contribution is 2.42. The van der Waals surface area contributed by atoms with E-state index in [2.05, 4.69) is 0 Å². The van der Waals surface area contributed by atoms with Crippen molar-refractivity contribution in [2.75, 3.05) is 27.0 Å². The van der Waals surface area contributed by atoms with Gasteiger partial charge in [0.2, 0.25) is 11.2 Å². The predicted octanol–water partition coefficient (Wildman–Crippen LogP) is 3.63. The number of benzene rings is 2. The molecule has 1 aliphatic rings. The van der Waals surface area contributed by atoms with Crippen molar-refractivity contribution in [3.8, 4) is 22.6 Å². The van der Waals surface area contributed by atoms with Crippen molar-refractivity contribution in [3.05, 3.63) is 57.9 Å². The quantitative estimate of drug-likeness (QED) is 0.694. The molecule has 1 aliphatic heterocycles. The van der Waals surface area contributed by atoms with E-state index in [0.29, 0.717) is 11.3 Å². The summed E-state index contributed by atoms with van der Waals surface area (Å²) < 4.78 is 58.0. The molecule has 1 aromatic heterocycles. The van der Waals surface area contributed by atoms with Gasteiger partial charge in [0.25, 0.3) is 0 Å². The molecular weight excluding hydrogens is 403 g/mol. The number of β-amino-alcohol motifs (C(OH)–C–C–N with tert-alkyl or cyclic N) is 1. The van der Waals surface area contributed by atoms with E-state index in [1.807, 2.05) is 0 Å². The topological polar surface area (TPSA) is 72.1 Å². The number of halogens is 3. The summed E-state index contributed by atoms with van der Waals surface area (Å²) >= 11 is 0. The lowest BCUT2D eigenvalue weighted by atomic mass is 9.99. The van der Waals surface area contributed by atoms with E-state index in [1.54, 1.807) is 17.0 Å². The van der Waals surface area contributed by atoms with Gasteiger partial charge in [-0.05, 0) is 18.2 Å². The largest absolute Gasteiger partial charge is 0.496 e. The summed E-state index contributed by atoms with van der Waals surface area (Å²) in [5.41, 5.74) is -1.25. The number of methoxy groups -OCH3 is 1. The number of nitrogens with zero attached hydrogens (tertiary/aromatic N) is 1. The molecule has 0 bridgehead atoms. The van der Waals surface area contributed by atoms with Crippen LogP contribution in [0.2, 0.25) is 0 Å². The maximum atomic E-state index is 14.0. The van der Waals surface area contributed by atoms with Crippen LogP contribution in [0.25, 0.3) is 22.1 Å². The fourth-order valence-corrected chi connectivity index (χ4v) is 3.59. The molecule has 0 saturated heterocycles. The van der Waals surface area contributed by atoms with E-state index < -0.39 is 22.9 Å². The summed E-state index contributed by atoms with van der Waals surface area (Å²) in [5, 5.41) is 9.17. The van der Waals surface area contributed by atoms with Gasteiger partial charge in [-0.15, -0.1) is 0 Å². The molecule has 0 atom stereocenters. The number of fused-ring (bicyclic) bond motifs is 3. The zero-order valence-electron chi connectivity index (χ0n) is 16.0. The fraction of sp³-hybridized carbons (Fsp3) is 0.286. The van der Waals surface area contributed by atoms with Gasteiger partial charge in [0.15, 0.2) is 0 Å². The lowest BCUT2D eigenvalue weighted by Gasteiger charge is -2.28. The number of hydrogen-bond donors (Lipinski definition) is 1. The van der Waals surface area contributed by atoms with E-state index in [0.717, 1.165) is 0 Å². The Labute approximate surface area is 169 Å². The summed E-state index contributed by atoms with van der Waals surface area (Å²) in [6, 6.07) is 8.94. The molecule has 0 radical (unpaired) electrons. The third-order valence-corrected chi connectivity index (χ3v) is 4.95. The molecular formula is C21H18F3NO5. The van der Waals surface area contributed by atoms with Crippen LogP contribution in [-0.2, 0) is 12.7 Å². The van der Waals surface area contributed by atoms with Crippen molar-refractivity contribution in [1.29, 1.82) is 0 Å². The minimum atomic E-state index is -4.91. The predicted molar refractivity (Wildman–Crippen MR) is 102 cm³/mol. The smallest absolute Gasteiger partial charge is 0.450 e. The average Bonchev–Trinajstić information content (AvgIpc) is 2.73. The number of aliphatic hydroxyl groups excluding tert-OH is 1. The van der Waals surface area contributed by atoms with Gasteiger partial charge < -0.3 is 19.0 Å². The van der Waals surface area contributed by atoms with Crippen LogP contribution in [0.4, 0.5) is 13.2 Å². The molecule has 2 aromatic carbocycles. The molecule has 30 heavy (non-hydrogen) atoms. The van der Waals surface area contributed by atoms with Gasteiger partial charge in [0.1, 0.15) is 23.8 Å². The molecule has 158 valence electrons. The zero-order valence-corrected chi connectivity index (χ0v) is 16.0. The lowest BCUT2D eigenvalue weighted by Crippen LogP contribution is -2.34. The maximum absolute atomic E-state index is 14.0. The fourth-order valence-electron chi connectivity index (χ4n) is 3.59. The molecule has 0 amide bonds. The summed E-state index contributed by atoms with van der Waals surface area (Å²) in [7, 11) is 1.32. The summed E-state index contributed by atoms with van der Waals surface area (Å²) in [6.07, 6.45) is -4.91. The Kier molecular flexibility index (Phi) is 5.17. The van der Waals surface area contributed by atoms with Crippen LogP contribution in [0.15, 0.2) is 45.6 Å². The maximum Gasteiger partial charge on any atom is 0.450 e. The van der Waals surface area contributed by atoms with E-state index in [9.17, 15) is 18.0 Å². The van der Waals surface area contributed by atoms with Crippen molar-refractivity contribution >= 4 is 11.0 Å². The molecule has 0 fully saturated rings. The molecule has 6 nitrogen and oxygen atoms in total. The summed E-state index contributed by atoms with van der Waals surface area (Å²) in [5.74, 6) is -0.916.